The minimum atomic E-state index is -0.660. The van der Waals surface area contributed by atoms with Gasteiger partial charge in [-0.05, 0) is 41.8 Å². The molecule has 0 radical (unpaired) electrons. The average Bonchev–Trinajstić information content (AvgIpc) is 3.28. The van der Waals surface area contributed by atoms with Crippen LogP contribution in [0.3, 0.4) is 0 Å². The first-order valence-corrected chi connectivity index (χ1v) is 11.6. The van der Waals surface area contributed by atoms with Gasteiger partial charge in [0.2, 0.25) is 5.95 Å². The van der Waals surface area contributed by atoms with E-state index in [1.807, 2.05) is 29.2 Å². The molecule has 35 heavy (non-hydrogen) atoms. The van der Waals surface area contributed by atoms with Gasteiger partial charge >= 0.3 is 11.4 Å². The summed E-state index contributed by atoms with van der Waals surface area (Å²) < 4.78 is 7.79. The average molecular weight is 518 g/mol. The highest BCUT2D eigenvalue weighted by Gasteiger charge is 2.27. The third-order valence-corrected chi connectivity index (χ3v) is 6.47. The third-order valence-electron chi connectivity index (χ3n) is 5.73. The molecule has 0 saturated carbocycles. The molecule has 12 heteroatoms. The molecule has 1 aliphatic rings. The Hall–Kier alpha value is -3.50. The van der Waals surface area contributed by atoms with Gasteiger partial charge in [-0.3, -0.25) is 4.57 Å². The number of rotatable bonds is 7. The van der Waals surface area contributed by atoms with Crippen LogP contribution in [-0.4, -0.2) is 46.3 Å². The fourth-order valence-electron chi connectivity index (χ4n) is 4.01. The van der Waals surface area contributed by atoms with E-state index in [1.165, 1.54) is 4.57 Å². The zero-order valence-electron chi connectivity index (χ0n) is 19.0. The van der Waals surface area contributed by atoms with E-state index in [2.05, 4.69) is 9.98 Å². The number of nitrogens with two attached hydrogens (primary N) is 2. The van der Waals surface area contributed by atoms with Crippen LogP contribution in [0.4, 0.5) is 5.95 Å². The smallest absolute Gasteiger partial charge is 0.355 e. The van der Waals surface area contributed by atoms with Gasteiger partial charge in [0.05, 0.1) is 36.3 Å². The van der Waals surface area contributed by atoms with E-state index >= 15 is 0 Å². The van der Waals surface area contributed by atoms with Crippen LogP contribution >= 0.6 is 23.2 Å². The van der Waals surface area contributed by atoms with Crippen LogP contribution in [-0.2, 0) is 13.1 Å². The molecule has 0 aliphatic carbocycles. The summed E-state index contributed by atoms with van der Waals surface area (Å²) in [6.45, 7) is 1.19. The van der Waals surface area contributed by atoms with Crippen LogP contribution in [0.15, 0.2) is 57.0 Å². The lowest BCUT2D eigenvalue weighted by Crippen LogP contribution is -2.45. The van der Waals surface area contributed by atoms with E-state index < -0.39 is 11.4 Å². The number of aliphatic imine (C=N–C) groups is 1. The molecule has 2 heterocycles. The Labute approximate surface area is 211 Å². The van der Waals surface area contributed by atoms with Crippen molar-refractivity contribution >= 4 is 35.1 Å². The molecule has 1 aliphatic heterocycles. The minimum absolute atomic E-state index is 0.00107. The summed E-state index contributed by atoms with van der Waals surface area (Å²) >= 11 is 12.1. The predicted octanol–water partition coefficient (Wildman–Crippen LogP) is 1.67. The maximum Gasteiger partial charge on any atom is 0.355 e. The van der Waals surface area contributed by atoms with Gasteiger partial charge in [-0.15, -0.1) is 0 Å². The van der Waals surface area contributed by atoms with Gasteiger partial charge < -0.3 is 21.1 Å². The molecular formula is C23H25Cl2N7O3. The van der Waals surface area contributed by atoms with Gasteiger partial charge in [0.15, 0.2) is 5.96 Å². The second-order valence-corrected chi connectivity index (χ2v) is 9.00. The second kappa shape index (κ2) is 10.4. The van der Waals surface area contributed by atoms with Crippen LogP contribution in [0.1, 0.15) is 17.5 Å². The summed E-state index contributed by atoms with van der Waals surface area (Å²) in [5, 5.41) is 0.723. The van der Waals surface area contributed by atoms with Crippen molar-refractivity contribution in [2.75, 3.05) is 25.1 Å². The molecular weight excluding hydrogens is 493 g/mol. The highest BCUT2D eigenvalue weighted by atomic mass is 35.5. The zero-order valence-corrected chi connectivity index (χ0v) is 20.5. The van der Waals surface area contributed by atoms with Crippen molar-refractivity contribution in [3.05, 3.63) is 84.6 Å². The SMILES string of the molecule is COc1ccc(Cn2c(N3CCC(N=C(N)N)C3)nc(=O)n(Cc3ccc(Cl)c(Cl)c3)c2=O)cc1. The summed E-state index contributed by atoms with van der Waals surface area (Å²) in [6.07, 6.45) is 0.669. The van der Waals surface area contributed by atoms with Crippen molar-refractivity contribution in [2.45, 2.75) is 25.6 Å². The molecule has 1 unspecified atom stereocenters. The number of guanidine groups is 1. The van der Waals surface area contributed by atoms with Crippen LogP contribution in [0.2, 0.25) is 10.0 Å². The fourth-order valence-corrected chi connectivity index (χ4v) is 4.33. The number of aromatic nitrogens is 3. The molecule has 0 amide bonds. The molecule has 1 aromatic heterocycles. The number of nitrogens with zero attached hydrogens (tertiary/aromatic N) is 5. The van der Waals surface area contributed by atoms with Gasteiger partial charge in [0, 0.05) is 13.1 Å². The number of hydrogen-bond donors (Lipinski definition) is 2. The first kappa shape index (κ1) is 24.6. The lowest BCUT2D eigenvalue weighted by atomic mass is 10.2. The molecule has 4 N–H and O–H groups in total. The van der Waals surface area contributed by atoms with Crippen molar-refractivity contribution in [3.63, 3.8) is 0 Å². The quantitative estimate of drug-likeness (QED) is 0.359. The number of methoxy groups -OCH3 is 1. The van der Waals surface area contributed by atoms with Crippen molar-refractivity contribution in [3.8, 4) is 5.75 Å². The summed E-state index contributed by atoms with van der Waals surface area (Å²) in [5.74, 6) is 0.968. The Kier molecular flexibility index (Phi) is 7.32. The van der Waals surface area contributed by atoms with Gasteiger partial charge in [0.1, 0.15) is 5.75 Å². The molecule has 1 saturated heterocycles. The first-order chi connectivity index (χ1) is 16.7. The molecule has 2 aromatic carbocycles. The molecule has 1 fully saturated rings. The normalized spacial score (nSPS) is 15.3. The third kappa shape index (κ3) is 5.60. The summed E-state index contributed by atoms with van der Waals surface area (Å²) in [5.41, 5.74) is 11.4. The molecule has 10 nitrogen and oxygen atoms in total. The number of benzene rings is 2. The largest absolute Gasteiger partial charge is 0.497 e. The Morgan fingerprint density at radius 1 is 1.06 bits per heavy atom. The Balaban J connectivity index is 1.76. The molecule has 184 valence electrons. The van der Waals surface area contributed by atoms with E-state index in [-0.39, 0.29) is 31.0 Å². The van der Waals surface area contributed by atoms with Gasteiger partial charge in [-0.25, -0.2) is 19.1 Å². The van der Waals surface area contributed by atoms with Crippen LogP contribution in [0.25, 0.3) is 0 Å². The second-order valence-electron chi connectivity index (χ2n) is 8.19. The lowest BCUT2D eigenvalue weighted by molar-refractivity contribution is 0.414. The van der Waals surface area contributed by atoms with Gasteiger partial charge in [-0.2, -0.15) is 4.98 Å². The van der Waals surface area contributed by atoms with E-state index in [4.69, 9.17) is 39.4 Å². The van der Waals surface area contributed by atoms with Crippen molar-refractivity contribution in [1.82, 2.24) is 14.1 Å². The zero-order chi connectivity index (χ0) is 25.1. The van der Waals surface area contributed by atoms with Crippen LogP contribution < -0.4 is 32.5 Å². The maximum absolute atomic E-state index is 13.6. The number of hydrogen-bond acceptors (Lipinski definition) is 6. The van der Waals surface area contributed by atoms with Crippen LogP contribution in [0.5, 0.6) is 5.75 Å². The van der Waals surface area contributed by atoms with Gasteiger partial charge in [-0.1, -0.05) is 41.4 Å². The van der Waals surface area contributed by atoms with E-state index in [1.54, 1.807) is 25.3 Å². The van der Waals surface area contributed by atoms with Gasteiger partial charge in [0.25, 0.3) is 0 Å². The Morgan fingerprint density at radius 2 is 1.74 bits per heavy atom. The molecule has 1 atom stereocenters. The topological polar surface area (TPSA) is 134 Å². The maximum atomic E-state index is 13.6. The monoisotopic (exact) mass is 517 g/mol. The Morgan fingerprint density at radius 3 is 2.40 bits per heavy atom. The summed E-state index contributed by atoms with van der Waals surface area (Å²) in [4.78, 5) is 37.0. The molecule has 3 aromatic rings. The van der Waals surface area contributed by atoms with E-state index in [0.717, 1.165) is 10.1 Å². The lowest BCUT2D eigenvalue weighted by Gasteiger charge is -2.22. The van der Waals surface area contributed by atoms with Crippen LogP contribution in [0, 0.1) is 0 Å². The summed E-state index contributed by atoms with van der Waals surface area (Å²) in [6, 6.07) is 12.1. The standard InChI is InChI=1S/C23H25Cl2N7O3/c1-35-17-5-2-14(3-6-17)11-31-21(30-9-8-16(13-30)28-20(26)27)29-22(33)32(23(31)34)12-15-4-7-18(24)19(25)10-15/h2-7,10,16H,8-9,11-13H2,1H3,(H4,26,27,28). The summed E-state index contributed by atoms with van der Waals surface area (Å²) in [7, 11) is 1.58. The molecule has 4 rings (SSSR count). The highest BCUT2D eigenvalue weighted by molar-refractivity contribution is 6.42. The number of ether oxygens (including phenoxy) is 1. The van der Waals surface area contributed by atoms with Crippen molar-refractivity contribution in [2.24, 2.45) is 16.5 Å². The highest BCUT2D eigenvalue weighted by Crippen LogP contribution is 2.23. The fraction of sp³-hybridized carbons (Fsp3) is 0.304. The number of halogens is 2. The first-order valence-electron chi connectivity index (χ1n) is 10.9. The molecule has 0 spiro atoms. The Bertz CT molecular complexity index is 1370. The van der Waals surface area contributed by atoms with Crippen molar-refractivity contribution < 1.29 is 4.74 Å². The predicted molar refractivity (Wildman–Crippen MR) is 137 cm³/mol. The van der Waals surface area contributed by atoms with E-state index in [9.17, 15) is 9.59 Å². The van der Waals surface area contributed by atoms with E-state index in [0.29, 0.717) is 40.9 Å². The minimum Gasteiger partial charge on any atom is -0.497 e. The molecule has 0 bridgehead atoms. The number of anilines is 1. The van der Waals surface area contributed by atoms with Crippen molar-refractivity contribution in [1.29, 1.82) is 0 Å².